The largest absolute Gasteiger partial charge is 0.399 e. The van der Waals surface area contributed by atoms with E-state index in [1.54, 1.807) is 0 Å². The summed E-state index contributed by atoms with van der Waals surface area (Å²) >= 11 is 0. The molecule has 0 radical (unpaired) electrons. The van der Waals surface area contributed by atoms with Crippen molar-refractivity contribution < 1.29 is 0 Å². The summed E-state index contributed by atoms with van der Waals surface area (Å²) in [6, 6.07) is 46.7. The topological polar surface area (TPSA) is 57.0 Å². The Morgan fingerprint density at radius 3 is 1.64 bits per heavy atom. The zero-order chi connectivity index (χ0) is 38.5. The summed E-state index contributed by atoms with van der Waals surface area (Å²) in [6.07, 6.45) is 17.6. The second kappa shape index (κ2) is 16.8. The van der Waals surface area contributed by atoms with Gasteiger partial charge in [-0.1, -0.05) is 176 Å². The van der Waals surface area contributed by atoms with Crippen molar-refractivity contribution in [1.82, 2.24) is 4.57 Å². The molecule has 286 valence electrons. The molecule has 0 spiro atoms. The molecule has 0 bridgehead atoms. The third-order valence-electron chi connectivity index (χ3n) is 12.7. The number of nitrogens with zero attached hydrogens (tertiary/aromatic N) is 1. The number of fused-ring (bicyclic) bond motifs is 6. The van der Waals surface area contributed by atoms with Crippen LogP contribution in [-0.2, 0) is 5.41 Å². The maximum Gasteiger partial charge on any atom is 0.0541 e. The van der Waals surface area contributed by atoms with E-state index in [0.29, 0.717) is 0 Å². The fraction of sp³-hybridized carbons (Fsp3) is 0.321. The van der Waals surface area contributed by atoms with E-state index >= 15 is 0 Å². The molecule has 1 aliphatic carbocycles. The van der Waals surface area contributed by atoms with Crippen molar-refractivity contribution in [2.75, 3.05) is 11.5 Å². The number of unbranched alkanes of at least 4 members (excludes halogenated alkanes) is 10. The van der Waals surface area contributed by atoms with E-state index in [1.165, 1.54) is 143 Å². The third-order valence-corrected chi connectivity index (χ3v) is 12.7. The predicted octanol–water partition coefficient (Wildman–Crippen LogP) is 15.0. The highest BCUT2D eigenvalue weighted by molar-refractivity contribution is 6.09. The summed E-state index contributed by atoms with van der Waals surface area (Å²) in [6.45, 7) is 4.60. The van der Waals surface area contributed by atoms with Crippen molar-refractivity contribution in [2.45, 2.75) is 109 Å². The average Bonchev–Trinajstić information content (AvgIpc) is 3.70. The first-order valence-corrected chi connectivity index (χ1v) is 21.6. The van der Waals surface area contributed by atoms with E-state index in [2.05, 4.69) is 146 Å². The molecular weight excluding hydrogens is 679 g/mol. The van der Waals surface area contributed by atoms with Gasteiger partial charge in [0.2, 0.25) is 0 Å². The van der Waals surface area contributed by atoms with Crippen molar-refractivity contribution in [3.05, 3.63) is 139 Å². The molecule has 1 aromatic heterocycles. The van der Waals surface area contributed by atoms with Gasteiger partial charge in [-0.05, 0) is 94.3 Å². The molecule has 8 rings (SSSR count). The molecule has 6 aromatic carbocycles. The van der Waals surface area contributed by atoms with Gasteiger partial charge in [0.05, 0.1) is 11.0 Å². The summed E-state index contributed by atoms with van der Waals surface area (Å²) in [5.74, 6) is 0. The lowest BCUT2D eigenvalue weighted by Crippen LogP contribution is -2.27. The van der Waals surface area contributed by atoms with Crippen molar-refractivity contribution in [2.24, 2.45) is 0 Å². The van der Waals surface area contributed by atoms with E-state index in [0.717, 1.165) is 29.9 Å². The summed E-state index contributed by atoms with van der Waals surface area (Å²) in [5, 5.41) is 2.55. The first-order valence-electron chi connectivity index (χ1n) is 21.6. The molecule has 3 heteroatoms. The number of para-hydroxylation sites is 2. The smallest absolute Gasteiger partial charge is 0.0541 e. The van der Waals surface area contributed by atoms with Gasteiger partial charge in [-0.25, -0.2) is 0 Å². The molecule has 0 amide bonds. The van der Waals surface area contributed by atoms with Gasteiger partial charge in [0, 0.05) is 38.8 Å². The Morgan fingerprint density at radius 1 is 0.482 bits per heavy atom. The van der Waals surface area contributed by atoms with Gasteiger partial charge in [0.15, 0.2) is 0 Å². The molecule has 0 saturated carbocycles. The SMILES string of the molecule is CCCCCCCCC1(CCCCCCCC)c2cc(N)ccc2-c2ccc(N)c(-c3ccccc3-c3ccc(-n4c5ccccc5c5ccccc54)cc3)c21. The van der Waals surface area contributed by atoms with Crippen LogP contribution in [0.25, 0.3) is 60.9 Å². The van der Waals surface area contributed by atoms with Crippen molar-refractivity contribution in [3.63, 3.8) is 0 Å². The molecule has 56 heavy (non-hydrogen) atoms. The number of anilines is 2. The van der Waals surface area contributed by atoms with E-state index in [-0.39, 0.29) is 5.41 Å². The summed E-state index contributed by atoms with van der Waals surface area (Å²) in [5.41, 5.74) is 29.4. The molecule has 0 fully saturated rings. The van der Waals surface area contributed by atoms with Crippen molar-refractivity contribution in [3.8, 4) is 39.1 Å². The van der Waals surface area contributed by atoms with Gasteiger partial charge in [0.25, 0.3) is 0 Å². The standard InChI is InChI=1S/C53H59N3/c1-3-5-7-9-11-19-35-53(36-20-12-10-8-6-4-2)47-37-39(54)29-32-42(47)46-33-34-48(55)51(52(46)53)45-24-14-13-21-41(45)38-27-30-40(31-28-38)56-49-25-17-15-22-43(49)44-23-16-18-26-50(44)56/h13-18,21-34,37H,3-12,19-20,35-36,54-55H2,1-2H3. The van der Waals surface area contributed by atoms with Gasteiger partial charge in [-0.2, -0.15) is 0 Å². The quantitative estimate of drug-likeness (QED) is 0.0722. The van der Waals surface area contributed by atoms with E-state index in [4.69, 9.17) is 11.5 Å². The molecule has 0 aliphatic heterocycles. The van der Waals surface area contributed by atoms with Crippen LogP contribution in [0.15, 0.2) is 127 Å². The van der Waals surface area contributed by atoms with Crippen LogP contribution >= 0.6 is 0 Å². The van der Waals surface area contributed by atoms with Crippen molar-refractivity contribution >= 4 is 33.2 Å². The number of benzene rings is 6. The van der Waals surface area contributed by atoms with Crippen LogP contribution in [0.5, 0.6) is 0 Å². The van der Waals surface area contributed by atoms with Gasteiger partial charge < -0.3 is 16.0 Å². The first kappa shape index (κ1) is 37.6. The van der Waals surface area contributed by atoms with Gasteiger partial charge in [-0.3, -0.25) is 0 Å². The van der Waals surface area contributed by atoms with Crippen LogP contribution in [-0.4, -0.2) is 4.57 Å². The number of nitrogen functional groups attached to an aromatic ring is 2. The maximum absolute atomic E-state index is 7.24. The highest BCUT2D eigenvalue weighted by Crippen LogP contribution is 2.59. The molecule has 7 aromatic rings. The minimum Gasteiger partial charge on any atom is -0.399 e. The van der Waals surface area contributed by atoms with E-state index in [1.807, 2.05) is 0 Å². The summed E-state index contributed by atoms with van der Waals surface area (Å²) in [4.78, 5) is 0. The highest BCUT2D eigenvalue weighted by atomic mass is 15.0. The Morgan fingerprint density at radius 2 is 1.02 bits per heavy atom. The Hall–Kier alpha value is -5.28. The Bertz CT molecular complexity index is 2360. The second-order valence-corrected chi connectivity index (χ2v) is 16.3. The van der Waals surface area contributed by atoms with Crippen LogP contribution < -0.4 is 11.5 Å². The zero-order valence-corrected chi connectivity index (χ0v) is 33.6. The predicted molar refractivity (Wildman–Crippen MR) is 243 cm³/mol. The molecule has 0 atom stereocenters. The number of hydrogen-bond acceptors (Lipinski definition) is 2. The van der Waals surface area contributed by atoms with Crippen LogP contribution in [0.4, 0.5) is 11.4 Å². The lowest BCUT2D eigenvalue weighted by Gasteiger charge is -2.35. The molecule has 0 saturated heterocycles. The lowest BCUT2D eigenvalue weighted by molar-refractivity contribution is 0.399. The first-order chi connectivity index (χ1) is 27.6. The van der Waals surface area contributed by atoms with Crippen LogP contribution in [0.1, 0.15) is 115 Å². The number of nitrogens with two attached hydrogens (primary N) is 2. The summed E-state index contributed by atoms with van der Waals surface area (Å²) in [7, 11) is 0. The molecule has 0 unspecified atom stereocenters. The van der Waals surface area contributed by atoms with Gasteiger partial charge in [-0.15, -0.1) is 0 Å². The van der Waals surface area contributed by atoms with Gasteiger partial charge in [0.1, 0.15) is 0 Å². The fourth-order valence-corrected chi connectivity index (χ4v) is 9.96. The lowest BCUT2D eigenvalue weighted by atomic mass is 9.68. The summed E-state index contributed by atoms with van der Waals surface area (Å²) < 4.78 is 2.39. The normalized spacial score (nSPS) is 13.0. The van der Waals surface area contributed by atoms with Crippen molar-refractivity contribution in [1.29, 1.82) is 0 Å². The van der Waals surface area contributed by atoms with Crippen LogP contribution in [0, 0.1) is 0 Å². The average molecular weight is 738 g/mol. The Labute approximate surface area is 334 Å². The third kappa shape index (κ3) is 7.02. The second-order valence-electron chi connectivity index (χ2n) is 16.3. The van der Waals surface area contributed by atoms with Gasteiger partial charge >= 0.3 is 0 Å². The number of hydrogen-bond donors (Lipinski definition) is 2. The minimum atomic E-state index is -0.145. The minimum absolute atomic E-state index is 0.145. The van der Waals surface area contributed by atoms with Crippen LogP contribution in [0.2, 0.25) is 0 Å². The zero-order valence-electron chi connectivity index (χ0n) is 33.6. The Balaban J connectivity index is 1.23. The molecule has 4 N–H and O–H groups in total. The van der Waals surface area contributed by atoms with E-state index in [9.17, 15) is 0 Å². The molecule has 3 nitrogen and oxygen atoms in total. The maximum atomic E-state index is 7.24. The van der Waals surface area contributed by atoms with Crippen LogP contribution in [0.3, 0.4) is 0 Å². The molecule has 1 aliphatic rings. The molecular formula is C53H59N3. The van der Waals surface area contributed by atoms with E-state index < -0.39 is 0 Å². The molecule has 1 heterocycles. The fourth-order valence-electron chi connectivity index (χ4n) is 9.96. The Kier molecular flexibility index (Phi) is 11.3. The highest BCUT2D eigenvalue weighted by Gasteiger charge is 2.45. The number of rotatable bonds is 17. The monoisotopic (exact) mass is 737 g/mol. The number of aromatic nitrogens is 1.